The molecular weight excluding hydrogens is 369 g/mol. The molecule has 2 aliphatic heterocycles. The van der Waals surface area contributed by atoms with Gasteiger partial charge >= 0.3 is 0 Å². The zero-order chi connectivity index (χ0) is 20.4. The molecule has 0 bridgehead atoms. The smallest absolute Gasteiger partial charge is 0.257 e. The van der Waals surface area contributed by atoms with Crippen molar-refractivity contribution in [2.24, 2.45) is 0 Å². The molecule has 2 fully saturated rings. The second-order valence-electron chi connectivity index (χ2n) is 8.06. The molecule has 1 aromatic heterocycles. The lowest BCUT2D eigenvalue weighted by Crippen LogP contribution is -2.44. The van der Waals surface area contributed by atoms with Crippen LogP contribution in [0.1, 0.15) is 43.0 Å². The summed E-state index contributed by atoms with van der Waals surface area (Å²) in [5, 5.41) is 0. The zero-order valence-corrected chi connectivity index (χ0v) is 17.1. The van der Waals surface area contributed by atoms with Crippen molar-refractivity contribution in [2.45, 2.75) is 44.7 Å². The van der Waals surface area contributed by atoms with Gasteiger partial charge in [-0.25, -0.2) is 9.37 Å². The Morgan fingerprint density at radius 2 is 1.97 bits per heavy atom. The van der Waals surface area contributed by atoms with Gasteiger partial charge in [0.1, 0.15) is 5.82 Å². The first-order valence-corrected chi connectivity index (χ1v) is 10.4. The number of pyridine rings is 1. The predicted octanol–water partition coefficient (Wildman–Crippen LogP) is 3.99. The number of carbonyl (C=O) groups is 1. The van der Waals surface area contributed by atoms with Crippen molar-refractivity contribution >= 4 is 5.91 Å². The van der Waals surface area contributed by atoms with E-state index < -0.39 is 5.82 Å². The molecule has 1 aromatic carbocycles. The molecule has 154 valence electrons. The lowest BCUT2D eigenvalue weighted by atomic mass is 10.0. The Morgan fingerprint density at radius 1 is 1.17 bits per heavy atom. The van der Waals surface area contributed by atoms with E-state index in [0.29, 0.717) is 24.0 Å². The number of benzene rings is 1. The van der Waals surface area contributed by atoms with Gasteiger partial charge in [-0.1, -0.05) is 6.07 Å². The number of rotatable bonds is 5. The number of methoxy groups -OCH3 is 1. The molecule has 2 unspecified atom stereocenters. The fourth-order valence-corrected chi connectivity index (χ4v) is 4.52. The second kappa shape index (κ2) is 8.49. The molecule has 0 radical (unpaired) electrons. The van der Waals surface area contributed by atoms with E-state index in [-0.39, 0.29) is 17.5 Å². The maximum absolute atomic E-state index is 14.9. The van der Waals surface area contributed by atoms with E-state index in [0.717, 1.165) is 31.5 Å². The molecule has 0 aliphatic carbocycles. The van der Waals surface area contributed by atoms with Crippen LogP contribution in [0.5, 0.6) is 5.88 Å². The number of halogens is 1. The molecule has 1 amide bonds. The quantitative estimate of drug-likeness (QED) is 0.766. The van der Waals surface area contributed by atoms with Crippen LogP contribution in [0.4, 0.5) is 4.39 Å². The number of hydrogen-bond donors (Lipinski definition) is 0. The molecule has 2 saturated heterocycles. The van der Waals surface area contributed by atoms with Crippen LogP contribution < -0.4 is 4.74 Å². The maximum Gasteiger partial charge on any atom is 0.257 e. The van der Waals surface area contributed by atoms with Crippen LogP contribution in [-0.4, -0.2) is 59.5 Å². The average Bonchev–Trinajstić information content (AvgIpc) is 3.37. The first kappa shape index (κ1) is 19.8. The third kappa shape index (κ3) is 4.13. The monoisotopic (exact) mass is 397 g/mol. The molecule has 5 nitrogen and oxygen atoms in total. The molecule has 2 aromatic rings. The van der Waals surface area contributed by atoms with Crippen molar-refractivity contribution in [1.29, 1.82) is 0 Å². The summed E-state index contributed by atoms with van der Waals surface area (Å²) in [7, 11) is 1.55. The molecule has 3 heterocycles. The Hall–Kier alpha value is -2.47. The fourth-order valence-electron chi connectivity index (χ4n) is 4.52. The van der Waals surface area contributed by atoms with Gasteiger partial charge in [0.2, 0.25) is 5.88 Å². The minimum absolute atomic E-state index is 0.150. The molecular formula is C23H28FN3O2. The van der Waals surface area contributed by atoms with Crippen LogP contribution in [-0.2, 0) is 0 Å². The molecule has 0 spiro atoms. The van der Waals surface area contributed by atoms with Crippen LogP contribution in [0.15, 0.2) is 36.5 Å². The van der Waals surface area contributed by atoms with Crippen molar-refractivity contribution in [3.8, 4) is 17.0 Å². The highest BCUT2D eigenvalue weighted by molar-refractivity contribution is 5.95. The summed E-state index contributed by atoms with van der Waals surface area (Å²) in [6.45, 7) is 4.94. The van der Waals surface area contributed by atoms with Gasteiger partial charge in [0, 0.05) is 43.0 Å². The lowest BCUT2D eigenvalue weighted by Gasteiger charge is -2.31. The van der Waals surface area contributed by atoms with Crippen LogP contribution >= 0.6 is 0 Å². The number of amides is 1. The SMILES string of the molecule is COc1ccc(-c2ccc(C(=O)N3CCCC3CN3CCCC3C)c(F)c2)cn1. The van der Waals surface area contributed by atoms with Gasteiger partial charge in [-0.15, -0.1) is 0 Å². The van der Waals surface area contributed by atoms with Crippen LogP contribution in [0, 0.1) is 5.82 Å². The largest absolute Gasteiger partial charge is 0.481 e. The summed E-state index contributed by atoms with van der Waals surface area (Å²) in [5.41, 5.74) is 1.63. The van der Waals surface area contributed by atoms with Gasteiger partial charge in [-0.3, -0.25) is 9.69 Å². The van der Waals surface area contributed by atoms with E-state index >= 15 is 0 Å². The zero-order valence-electron chi connectivity index (χ0n) is 17.1. The minimum Gasteiger partial charge on any atom is -0.481 e. The summed E-state index contributed by atoms with van der Waals surface area (Å²) in [6, 6.07) is 9.12. The second-order valence-corrected chi connectivity index (χ2v) is 8.06. The van der Waals surface area contributed by atoms with Crippen molar-refractivity contribution in [2.75, 3.05) is 26.7 Å². The third-order valence-corrected chi connectivity index (χ3v) is 6.25. The van der Waals surface area contributed by atoms with Gasteiger partial charge in [-0.05, 0) is 62.9 Å². The highest BCUT2D eigenvalue weighted by Crippen LogP contribution is 2.27. The van der Waals surface area contributed by atoms with E-state index in [9.17, 15) is 9.18 Å². The number of hydrogen-bond acceptors (Lipinski definition) is 4. The predicted molar refractivity (Wildman–Crippen MR) is 111 cm³/mol. The van der Waals surface area contributed by atoms with Gasteiger partial charge in [0.15, 0.2) is 0 Å². The number of carbonyl (C=O) groups excluding carboxylic acids is 1. The van der Waals surface area contributed by atoms with Crippen LogP contribution in [0.25, 0.3) is 11.1 Å². The average molecular weight is 397 g/mol. The van der Waals surface area contributed by atoms with Gasteiger partial charge in [0.05, 0.1) is 12.7 Å². The Labute approximate surface area is 171 Å². The standard InChI is InChI=1S/C23H28FN3O2/c1-16-5-3-11-26(16)15-19-6-4-12-27(19)23(28)20-9-7-17(13-21(20)24)18-8-10-22(29-2)25-14-18/h7-10,13-14,16,19H,3-6,11-12,15H2,1-2H3. The lowest BCUT2D eigenvalue weighted by molar-refractivity contribution is 0.0692. The van der Waals surface area contributed by atoms with Crippen molar-refractivity contribution in [3.63, 3.8) is 0 Å². The first-order chi connectivity index (χ1) is 14.1. The Morgan fingerprint density at radius 3 is 2.62 bits per heavy atom. The molecule has 4 rings (SSSR count). The number of ether oxygens (including phenoxy) is 1. The maximum atomic E-state index is 14.9. The molecule has 2 atom stereocenters. The van der Waals surface area contributed by atoms with Crippen molar-refractivity contribution < 1.29 is 13.9 Å². The van der Waals surface area contributed by atoms with Gasteiger partial charge < -0.3 is 9.64 Å². The Balaban J connectivity index is 1.50. The summed E-state index contributed by atoms with van der Waals surface area (Å²) in [6.07, 6.45) is 6.06. The normalized spacial score (nSPS) is 22.2. The molecule has 0 saturated carbocycles. The summed E-state index contributed by atoms with van der Waals surface area (Å²) in [4.78, 5) is 21.6. The number of nitrogens with zero attached hydrogens (tertiary/aromatic N) is 3. The van der Waals surface area contributed by atoms with E-state index in [2.05, 4.69) is 16.8 Å². The van der Waals surface area contributed by atoms with E-state index in [1.165, 1.54) is 18.9 Å². The van der Waals surface area contributed by atoms with E-state index in [1.807, 2.05) is 11.0 Å². The minimum atomic E-state index is -0.483. The highest BCUT2D eigenvalue weighted by atomic mass is 19.1. The molecule has 0 N–H and O–H groups in total. The summed E-state index contributed by atoms with van der Waals surface area (Å²) >= 11 is 0. The Kier molecular flexibility index (Phi) is 5.81. The number of aromatic nitrogens is 1. The fraction of sp³-hybridized carbons (Fsp3) is 0.478. The van der Waals surface area contributed by atoms with Crippen molar-refractivity contribution in [1.82, 2.24) is 14.8 Å². The third-order valence-electron chi connectivity index (χ3n) is 6.25. The Bertz CT molecular complexity index is 871. The first-order valence-electron chi connectivity index (χ1n) is 10.4. The summed E-state index contributed by atoms with van der Waals surface area (Å²) < 4.78 is 19.9. The van der Waals surface area contributed by atoms with E-state index in [4.69, 9.17) is 4.74 Å². The van der Waals surface area contributed by atoms with E-state index in [1.54, 1.807) is 31.5 Å². The van der Waals surface area contributed by atoms with Crippen LogP contribution in [0.3, 0.4) is 0 Å². The molecule has 29 heavy (non-hydrogen) atoms. The number of likely N-dealkylation sites (tertiary alicyclic amines) is 2. The topological polar surface area (TPSA) is 45.7 Å². The summed E-state index contributed by atoms with van der Waals surface area (Å²) in [5.74, 6) is -0.173. The highest BCUT2D eigenvalue weighted by Gasteiger charge is 2.33. The van der Waals surface area contributed by atoms with Crippen molar-refractivity contribution in [3.05, 3.63) is 47.9 Å². The molecule has 2 aliphatic rings. The van der Waals surface area contributed by atoms with Gasteiger partial charge in [0.25, 0.3) is 5.91 Å². The van der Waals surface area contributed by atoms with Gasteiger partial charge in [-0.2, -0.15) is 0 Å². The molecule has 6 heteroatoms. The van der Waals surface area contributed by atoms with Crippen LogP contribution in [0.2, 0.25) is 0 Å².